The third kappa shape index (κ3) is 1.99. The van der Waals surface area contributed by atoms with Crippen molar-refractivity contribution in [2.24, 2.45) is 5.92 Å². The Morgan fingerprint density at radius 1 is 1.55 bits per heavy atom. The van der Waals surface area contributed by atoms with Gasteiger partial charge in [-0.05, 0) is 43.0 Å². The lowest BCUT2D eigenvalue weighted by Gasteiger charge is -2.52. The van der Waals surface area contributed by atoms with E-state index in [-0.39, 0.29) is 12.0 Å². The van der Waals surface area contributed by atoms with E-state index in [0.29, 0.717) is 6.04 Å². The molecule has 0 aromatic carbocycles. The van der Waals surface area contributed by atoms with E-state index >= 15 is 0 Å². The Hall–Kier alpha value is -1.86. The summed E-state index contributed by atoms with van der Waals surface area (Å²) in [5.41, 5.74) is 2.34. The van der Waals surface area contributed by atoms with Crippen molar-refractivity contribution >= 4 is 6.08 Å². The molecule has 3 heterocycles. The number of rotatable bonds is 3. The molecule has 1 aromatic heterocycles. The predicted octanol–water partition coefficient (Wildman–Crippen LogP) is 2.97. The van der Waals surface area contributed by atoms with E-state index in [2.05, 4.69) is 40.3 Å². The van der Waals surface area contributed by atoms with Crippen molar-refractivity contribution in [3.05, 3.63) is 35.8 Å². The van der Waals surface area contributed by atoms with Crippen LogP contribution in [0.1, 0.15) is 43.9 Å². The van der Waals surface area contributed by atoms with E-state index in [1.807, 2.05) is 25.4 Å². The van der Waals surface area contributed by atoms with Crippen LogP contribution >= 0.6 is 0 Å². The normalized spacial score (nSPS) is 26.6. The van der Waals surface area contributed by atoms with Crippen LogP contribution in [0.25, 0.3) is 6.08 Å². The summed E-state index contributed by atoms with van der Waals surface area (Å²) in [5, 5.41) is 14.1. The summed E-state index contributed by atoms with van der Waals surface area (Å²) in [7, 11) is 0. The molecule has 4 heteroatoms. The van der Waals surface area contributed by atoms with E-state index in [1.54, 1.807) is 0 Å². The number of hydrazine groups is 1. The molecular weight excluding hydrogens is 248 g/mol. The zero-order valence-corrected chi connectivity index (χ0v) is 12.0. The summed E-state index contributed by atoms with van der Waals surface area (Å²) in [6.45, 7) is 5.31. The number of nitrogens with zero attached hydrogens (tertiary/aromatic N) is 4. The molecule has 3 atom stereocenters. The fourth-order valence-electron chi connectivity index (χ4n) is 3.18. The van der Waals surface area contributed by atoms with Crippen molar-refractivity contribution in [3.8, 4) is 6.07 Å². The van der Waals surface area contributed by atoms with Crippen LogP contribution in [0.5, 0.6) is 0 Å². The maximum atomic E-state index is 9.39. The molecule has 0 radical (unpaired) electrons. The lowest BCUT2D eigenvalue weighted by atomic mass is 9.89. The zero-order chi connectivity index (χ0) is 14.1. The summed E-state index contributed by atoms with van der Waals surface area (Å²) in [5.74, 6) is -0.0563. The van der Waals surface area contributed by atoms with Gasteiger partial charge in [-0.2, -0.15) is 5.26 Å². The van der Waals surface area contributed by atoms with Crippen LogP contribution in [-0.4, -0.2) is 27.6 Å². The highest BCUT2D eigenvalue weighted by Crippen LogP contribution is 2.39. The summed E-state index contributed by atoms with van der Waals surface area (Å²) in [6, 6.07) is 5.17. The van der Waals surface area contributed by atoms with Gasteiger partial charge in [0.25, 0.3) is 0 Å². The van der Waals surface area contributed by atoms with E-state index < -0.39 is 0 Å². The van der Waals surface area contributed by atoms with Gasteiger partial charge in [-0.25, -0.2) is 5.01 Å². The van der Waals surface area contributed by atoms with Crippen molar-refractivity contribution < 1.29 is 0 Å². The van der Waals surface area contributed by atoms with Crippen molar-refractivity contribution in [1.82, 2.24) is 15.0 Å². The van der Waals surface area contributed by atoms with Gasteiger partial charge in [0.05, 0.1) is 18.0 Å². The van der Waals surface area contributed by atoms with Crippen LogP contribution in [-0.2, 0) is 0 Å². The van der Waals surface area contributed by atoms with Crippen LogP contribution in [0, 0.1) is 17.2 Å². The average Bonchev–Trinajstić information content (AvgIpc) is 2.45. The van der Waals surface area contributed by atoms with Crippen molar-refractivity contribution in [2.45, 2.75) is 38.8 Å². The first-order chi connectivity index (χ1) is 9.76. The smallest absolute Gasteiger partial charge is 0.0862 e. The molecule has 0 spiro atoms. The minimum Gasteiger partial charge on any atom is -0.304 e. The number of hydrogen-bond donors (Lipinski definition) is 0. The minimum atomic E-state index is -0.0563. The molecule has 1 saturated heterocycles. The molecule has 0 N–H and O–H groups in total. The Bertz CT molecular complexity index is 558. The summed E-state index contributed by atoms with van der Waals surface area (Å²) < 4.78 is 0. The van der Waals surface area contributed by atoms with E-state index in [1.165, 1.54) is 12.0 Å². The second-order valence-corrected chi connectivity index (χ2v) is 5.58. The summed E-state index contributed by atoms with van der Waals surface area (Å²) >= 11 is 0. The molecule has 0 aliphatic carbocycles. The van der Waals surface area contributed by atoms with Gasteiger partial charge in [-0.3, -0.25) is 4.98 Å². The van der Waals surface area contributed by atoms with Gasteiger partial charge in [0.1, 0.15) is 0 Å². The molecule has 0 saturated carbocycles. The molecule has 20 heavy (non-hydrogen) atoms. The molecule has 4 nitrogen and oxygen atoms in total. The molecule has 1 aromatic rings. The lowest BCUT2D eigenvalue weighted by Crippen LogP contribution is -2.57. The number of nitriles is 1. The first kappa shape index (κ1) is 13.1. The first-order valence-electron chi connectivity index (χ1n) is 7.33. The molecule has 2 aliphatic heterocycles. The van der Waals surface area contributed by atoms with E-state index in [9.17, 15) is 5.26 Å². The van der Waals surface area contributed by atoms with E-state index in [4.69, 9.17) is 0 Å². The number of aromatic nitrogens is 1. The minimum absolute atomic E-state index is 0.0563. The van der Waals surface area contributed by atoms with Crippen LogP contribution in [0.2, 0.25) is 0 Å². The van der Waals surface area contributed by atoms with Gasteiger partial charge < -0.3 is 5.01 Å². The predicted molar refractivity (Wildman–Crippen MR) is 78.0 cm³/mol. The quantitative estimate of drug-likeness (QED) is 0.845. The third-order valence-electron chi connectivity index (χ3n) is 4.46. The van der Waals surface area contributed by atoms with Crippen LogP contribution in [0.15, 0.2) is 24.7 Å². The highest BCUT2D eigenvalue weighted by atomic mass is 15.7. The van der Waals surface area contributed by atoms with Crippen molar-refractivity contribution in [2.75, 3.05) is 6.54 Å². The van der Waals surface area contributed by atoms with Gasteiger partial charge >= 0.3 is 0 Å². The Balaban J connectivity index is 1.97. The number of hydrogen-bond acceptors (Lipinski definition) is 4. The third-order valence-corrected chi connectivity index (χ3v) is 4.46. The number of pyridine rings is 1. The molecule has 2 aliphatic rings. The topological polar surface area (TPSA) is 43.2 Å². The highest BCUT2D eigenvalue weighted by Gasteiger charge is 2.38. The Morgan fingerprint density at radius 2 is 2.40 bits per heavy atom. The maximum Gasteiger partial charge on any atom is 0.0862 e. The molecule has 2 unspecified atom stereocenters. The van der Waals surface area contributed by atoms with E-state index in [0.717, 1.165) is 18.5 Å². The Morgan fingerprint density at radius 3 is 3.05 bits per heavy atom. The fraction of sp³-hybridized carbons (Fsp3) is 0.500. The number of fused-ring (bicyclic) bond motifs is 1. The first-order valence-corrected chi connectivity index (χ1v) is 7.33. The molecular formula is C16H20N4. The average molecular weight is 268 g/mol. The molecule has 0 bridgehead atoms. The standard InChI is InChI=1S/C16H20N4/c1-3-14-6-9-19(14)20-8-5-13-11-18-7-4-15(13)16(20)12(2)10-17/h4-5,7-8,11-12,14,16H,3,6,9H2,1-2H3/t12?,14?,16-/m1/s1. The Labute approximate surface area is 120 Å². The van der Waals surface area contributed by atoms with Gasteiger partial charge in [-0.1, -0.05) is 6.92 Å². The SMILES string of the molecule is CCC1CCN1N1C=Cc2cnccc2[C@H]1C(C)C#N. The van der Waals surface area contributed by atoms with Crippen molar-refractivity contribution in [1.29, 1.82) is 5.26 Å². The molecule has 104 valence electrons. The van der Waals surface area contributed by atoms with Gasteiger partial charge in [0.15, 0.2) is 0 Å². The second-order valence-electron chi connectivity index (χ2n) is 5.58. The molecule has 3 rings (SSSR count). The Kier molecular flexibility index (Phi) is 3.45. The maximum absolute atomic E-state index is 9.39. The monoisotopic (exact) mass is 268 g/mol. The van der Waals surface area contributed by atoms with Gasteiger partial charge in [0.2, 0.25) is 0 Å². The van der Waals surface area contributed by atoms with Crippen LogP contribution in [0.4, 0.5) is 0 Å². The van der Waals surface area contributed by atoms with Crippen LogP contribution < -0.4 is 0 Å². The largest absolute Gasteiger partial charge is 0.304 e. The van der Waals surface area contributed by atoms with Crippen molar-refractivity contribution in [3.63, 3.8) is 0 Å². The molecule has 1 fully saturated rings. The van der Waals surface area contributed by atoms with Gasteiger partial charge in [0, 0.05) is 31.2 Å². The van der Waals surface area contributed by atoms with Gasteiger partial charge in [-0.15, -0.1) is 0 Å². The lowest BCUT2D eigenvalue weighted by molar-refractivity contribution is -0.119. The highest BCUT2D eigenvalue weighted by molar-refractivity contribution is 5.56. The summed E-state index contributed by atoms with van der Waals surface area (Å²) in [6.07, 6.45) is 10.3. The zero-order valence-electron chi connectivity index (χ0n) is 12.0. The molecule has 0 amide bonds. The van der Waals surface area contributed by atoms with Crippen LogP contribution in [0.3, 0.4) is 0 Å². The second kappa shape index (κ2) is 5.26. The fourth-order valence-corrected chi connectivity index (χ4v) is 3.18. The summed E-state index contributed by atoms with van der Waals surface area (Å²) in [4.78, 5) is 4.19.